The van der Waals surface area contributed by atoms with Crippen LogP contribution in [0.4, 0.5) is 0 Å². The molecule has 100 valence electrons. The Morgan fingerprint density at radius 2 is 2.06 bits per heavy atom. The van der Waals surface area contributed by atoms with Crippen LogP contribution in [0.5, 0.6) is 0 Å². The first-order chi connectivity index (χ1) is 8.79. The number of hydrogen-bond donors (Lipinski definition) is 1. The minimum Gasteiger partial charge on any atom is -0.313 e. The Bertz CT molecular complexity index is 375. The highest BCUT2D eigenvalue weighted by molar-refractivity contribution is 9.10. The second-order valence-electron chi connectivity index (χ2n) is 4.91. The number of halogens is 1. The SMILES string of the molecule is CCNCc1ccc(SC2CCCCC2)cc1Br. The second kappa shape index (κ2) is 7.56. The quantitative estimate of drug-likeness (QED) is 0.818. The summed E-state index contributed by atoms with van der Waals surface area (Å²) in [6, 6.07) is 6.81. The Balaban J connectivity index is 1.94. The molecule has 0 saturated heterocycles. The molecule has 1 aliphatic rings. The van der Waals surface area contributed by atoms with Gasteiger partial charge in [-0.2, -0.15) is 0 Å². The summed E-state index contributed by atoms with van der Waals surface area (Å²) in [4.78, 5) is 1.41. The van der Waals surface area contributed by atoms with Crippen LogP contribution in [0, 0.1) is 0 Å². The Hall–Kier alpha value is 0.01000. The van der Waals surface area contributed by atoms with E-state index in [0.29, 0.717) is 0 Å². The molecule has 3 heteroatoms. The molecule has 1 saturated carbocycles. The molecule has 1 aromatic rings. The van der Waals surface area contributed by atoms with Crippen molar-refractivity contribution in [2.75, 3.05) is 6.54 Å². The van der Waals surface area contributed by atoms with E-state index in [-0.39, 0.29) is 0 Å². The van der Waals surface area contributed by atoms with Crippen molar-refractivity contribution in [2.45, 2.75) is 55.7 Å². The predicted molar refractivity (Wildman–Crippen MR) is 84.3 cm³/mol. The fourth-order valence-electron chi connectivity index (χ4n) is 2.38. The first-order valence-electron chi connectivity index (χ1n) is 6.95. The van der Waals surface area contributed by atoms with Crippen LogP contribution in [0.2, 0.25) is 0 Å². The summed E-state index contributed by atoms with van der Waals surface area (Å²) in [5.74, 6) is 0. The number of benzene rings is 1. The normalized spacial score (nSPS) is 17.0. The summed E-state index contributed by atoms with van der Waals surface area (Å²) in [7, 11) is 0. The largest absolute Gasteiger partial charge is 0.313 e. The van der Waals surface area contributed by atoms with E-state index in [1.807, 2.05) is 0 Å². The maximum Gasteiger partial charge on any atom is 0.0231 e. The van der Waals surface area contributed by atoms with Gasteiger partial charge in [-0.1, -0.05) is 48.2 Å². The first-order valence-corrected chi connectivity index (χ1v) is 8.62. The molecule has 0 atom stereocenters. The van der Waals surface area contributed by atoms with Gasteiger partial charge in [0.2, 0.25) is 0 Å². The van der Waals surface area contributed by atoms with Gasteiger partial charge in [0, 0.05) is 21.2 Å². The standard InChI is InChI=1S/C15H22BrNS/c1-2-17-11-12-8-9-14(10-15(12)16)18-13-6-4-3-5-7-13/h8-10,13,17H,2-7,11H2,1H3. The average molecular weight is 328 g/mol. The molecule has 0 amide bonds. The van der Waals surface area contributed by atoms with Crippen molar-refractivity contribution in [3.05, 3.63) is 28.2 Å². The lowest BCUT2D eigenvalue weighted by atomic mass is 10.0. The van der Waals surface area contributed by atoms with Crippen molar-refractivity contribution < 1.29 is 0 Å². The van der Waals surface area contributed by atoms with Crippen molar-refractivity contribution >= 4 is 27.7 Å². The summed E-state index contributed by atoms with van der Waals surface area (Å²) in [6.45, 7) is 4.11. The van der Waals surface area contributed by atoms with Gasteiger partial charge in [-0.25, -0.2) is 0 Å². The summed E-state index contributed by atoms with van der Waals surface area (Å²) in [5, 5.41) is 4.21. The minimum absolute atomic E-state index is 0.838. The van der Waals surface area contributed by atoms with E-state index < -0.39 is 0 Å². The number of nitrogens with one attached hydrogen (secondary N) is 1. The van der Waals surface area contributed by atoms with Gasteiger partial charge in [-0.15, -0.1) is 11.8 Å². The van der Waals surface area contributed by atoms with Crippen molar-refractivity contribution in [3.63, 3.8) is 0 Å². The fourth-order valence-corrected chi connectivity index (χ4v) is 4.34. The molecular formula is C15H22BrNS. The summed E-state index contributed by atoms with van der Waals surface area (Å²) in [6.07, 6.45) is 7.04. The number of rotatable bonds is 5. The molecule has 1 aliphatic carbocycles. The first kappa shape index (κ1) is 14.4. The third kappa shape index (κ3) is 4.29. The van der Waals surface area contributed by atoms with Crippen LogP contribution < -0.4 is 5.32 Å². The minimum atomic E-state index is 0.838. The maximum absolute atomic E-state index is 3.69. The molecule has 0 heterocycles. The van der Waals surface area contributed by atoms with E-state index in [1.54, 1.807) is 0 Å². The average Bonchev–Trinajstić information content (AvgIpc) is 2.39. The monoisotopic (exact) mass is 327 g/mol. The molecule has 0 aliphatic heterocycles. The lowest BCUT2D eigenvalue weighted by Crippen LogP contribution is -2.12. The molecule has 1 N–H and O–H groups in total. The van der Waals surface area contributed by atoms with Gasteiger partial charge in [-0.3, -0.25) is 0 Å². The van der Waals surface area contributed by atoms with Crippen LogP contribution in [0.1, 0.15) is 44.6 Å². The molecule has 0 bridgehead atoms. The van der Waals surface area contributed by atoms with Crippen LogP contribution in [0.3, 0.4) is 0 Å². The predicted octanol–water partition coefficient (Wildman–Crippen LogP) is 4.98. The van der Waals surface area contributed by atoms with E-state index in [1.165, 1.54) is 47.0 Å². The lowest BCUT2D eigenvalue weighted by molar-refractivity contribution is 0.516. The van der Waals surface area contributed by atoms with Crippen molar-refractivity contribution in [2.24, 2.45) is 0 Å². The van der Waals surface area contributed by atoms with Crippen molar-refractivity contribution in [1.29, 1.82) is 0 Å². The number of thioether (sulfide) groups is 1. The van der Waals surface area contributed by atoms with Crippen molar-refractivity contribution in [1.82, 2.24) is 5.32 Å². The Kier molecular flexibility index (Phi) is 6.06. The smallest absolute Gasteiger partial charge is 0.0231 e. The lowest BCUT2D eigenvalue weighted by Gasteiger charge is -2.21. The van der Waals surface area contributed by atoms with Gasteiger partial charge < -0.3 is 5.32 Å². The second-order valence-corrected chi connectivity index (χ2v) is 7.14. The zero-order valence-electron chi connectivity index (χ0n) is 11.0. The van der Waals surface area contributed by atoms with E-state index >= 15 is 0 Å². The van der Waals surface area contributed by atoms with Gasteiger partial charge in [0.15, 0.2) is 0 Å². The molecule has 0 radical (unpaired) electrons. The highest BCUT2D eigenvalue weighted by atomic mass is 79.9. The van der Waals surface area contributed by atoms with E-state index in [2.05, 4.69) is 58.1 Å². The zero-order valence-corrected chi connectivity index (χ0v) is 13.4. The molecule has 1 fully saturated rings. The summed E-state index contributed by atoms with van der Waals surface area (Å²) >= 11 is 5.75. The van der Waals surface area contributed by atoms with Gasteiger partial charge >= 0.3 is 0 Å². The van der Waals surface area contributed by atoms with Crippen molar-refractivity contribution in [3.8, 4) is 0 Å². The molecule has 2 rings (SSSR count). The third-order valence-corrected chi connectivity index (χ3v) is 5.51. The molecule has 18 heavy (non-hydrogen) atoms. The number of hydrogen-bond acceptors (Lipinski definition) is 2. The van der Waals surface area contributed by atoms with Crippen LogP contribution in [-0.2, 0) is 6.54 Å². The molecule has 1 aromatic carbocycles. The summed E-state index contributed by atoms with van der Waals surface area (Å²) < 4.78 is 1.24. The summed E-state index contributed by atoms with van der Waals surface area (Å²) in [5.41, 5.74) is 1.35. The highest BCUT2D eigenvalue weighted by Crippen LogP contribution is 2.35. The van der Waals surface area contributed by atoms with Crippen LogP contribution >= 0.6 is 27.7 Å². The van der Waals surface area contributed by atoms with E-state index in [0.717, 1.165) is 18.3 Å². The molecule has 0 unspecified atom stereocenters. The highest BCUT2D eigenvalue weighted by Gasteiger charge is 2.14. The van der Waals surface area contributed by atoms with Gasteiger partial charge in [0.25, 0.3) is 0 Å². The third-order valence-electron chi connectivity index (χ3n) is 3.44. The molecule has 0 aromatic heterocycles. The Labute approximate surface area is 123 Å². The van der Waals surface area contributed by atoms with Gasteiger partial charge in [-0.05, 0) is 37.1 Å². The maximum atomic E-state index is 3.69. The zero-order chi connectivity index (χ0) is 12.8. The van der Waals surface area contributed by atoms with Gasteiger partial charge in [0.05, 0.1) is 0 Å². The molecule has 1 nitrogen and oxygen atoms in total. The van der Waals surface area contributed by atoms with Crippen LogP contribution in [0.25, 0.3) is 0 Å². The van der Waals surface area contributed by atoms with Crippen LogP contribution in [-0.4, -0.2) is 11.8 Å². The van der Waals surface area contributed by atoms with Crippen LogP contribution in [0.15, 0.2) is 27.6 Å². The molecule has 0 spiro atoms. The van der Waals surface area contributed by atoms with E-state index in [9.17, 15) is 0 Å². The van der Waals surface area contributed by atoms with E-state index in [4.69, 9.17) is 0 Å². The molecular weight excluding hydrogens is 306 g/mol. The fraction of sp³-hybridized carbons (Fsp3) is 0.600. The Morgan fingerprint density at radius 1 is 1.28 bits per heavy atom. The topological polar surface area (TPSA) is 12.0 Å². The van der Waals surface area contributed by atoms with Gasteiger partial charge in [0.1, 0.15) is 0 Å². The Morgan fingerprint density at radius 3 is 2.72 bits per heavy atom.